The molecule has 20 heavy (non-hydrogen) atoms. The third-order valence-electron chi connectivity index (χ3n) is 4.31. The second-order valence-corrected chi connectivity index (χ2v) is 6.86. The van der Waals surface area contributed by atoms with Crippen LogP contribution in [0.4, 0.5) is 0 Å². The van der Waals surface area contributed by atoms with Crippen molar-refractivity contribution in [2.24, 2.45) is 0 Å². The molecule has 0 aromatic heterocycles. The van der Waals surface area contributed by atoms with Gasteiger partial charge in [0.2, 0.25) is 5.91 Å². The second kappa shape index (κ2) is 6.19. The molecule has 0 saturated heterocycles. The third kappa shape index (κ3) is 2.72. The second-order valence-electron chi connectivity index (χ2n) is 5.61. The predicted octanol–water partition coefficient (Wildman–Crippen LogP) is 2.47. The van der Waals surface area contributed by atoms with Crippen LogP contribution in [0.1, 0.15) is 31.2 Å². The number of carbonyl (C=O) groups excluding carboxylic acids is 1. The van der Waals surface area contributed by atoms with E-state index in [0.29, 0.717) is 12.6 Å². The Hall–Kier alpha value is -1.00. The van der Waals surface area contributed by atoms with Gasteiger partial charge in [-0.2, -0.15) is 0 Å². The van der Waals surface area contributed by atoms with Crippen molar-refractivity contribution in [2.45, 2.75) is 48.3 Å². The molecule has 1 amide bonds. The zero-order chi connectivity index (χ0) is 13.9. The molecule has 0 radical (unpaired) electrons. The number of carbonyl (C=O) groups is 1. The summed E-state index contributed by atoms with van der Waals surface area (Å²) in [6.45, 7) is 0.545. The smallest absolute Gasteiger partial charge is 0.236 e. The number of thioether (sulfide) groups is 1. The molecule has 1 fully saturated rings. The van der Waals surface area contributed by atoms with Crippen molar-refractivity contribution < 1.29 is 9.90 Å². The number of hydrogen-bond donors (Lipinski definition) is 1. The number of benzene rings is 1. The van der Waals surface area contributed by atoms with Gasteiger partial charge in [-0.25, -0.2) is 0 Å². The van der Waals surface area contributed by atoms with Gasteiger partial charge in [-0.3, -0.25) is 4.79 Å². The first-order chi connectivity index (χ1) is 9.79. The van der Waals surface area contributed by atoms with Crippen molar-refractivity contribution in [1.29, 1.82) is 0 Å². The molecule has 108 valence electrons. The number of hydrogen-bond acceptors (Lipinski definition) is 3. The first-order valence-electron chi connectivity index (χ1n) is 7.45. The fraction of sp³-hybridized carbons (Fsp3) is 0.562. The van der Waals surface area contributed by atoms with Crippen LogP contribution in [-0.4, -0.2) is 40.4 Å². The zero-order valence-corrected chi connectivity index (χ0v) is 12.4. The Morgan fingerprint density at radius 2 is 2.05 bits per heavy atom. The Bertz CT molecular complexity index is 460. The van der Waals surface area contributed by atoms with Gasteiger partial charge in [-0.05, 0) is 30.9 Å². The lowest BCUT2D eigenvalue weighted by molar-refractivity contribution is -0.133. The molecule has 1 heterocycles. The lowest BCUT2D eigenvalue weighted by atomic mass is 10.1. The molecule has 4 heteroatoms. The lowest BCUT2D eigenvalue weighted by Gasteiger charge is -2.30. The van der Waals surface area contributed by atoms with Crippen LogP contribution in [0.15, 0.2) is 29.2 Å². The van der Waals surface area contributed by atoms with Crippen LogP contribution in [0.2, 0.25) is 0 Å². The summed E-state index contributed by atoms with van der Waals surface area (Å²) in [5.74, 6) is 0.215. The van der Waals surface area contributed by atoms with E-state index in [0.717, 1.165) is 19.3 Å². The molecule has 1 aromatic carbocycles. The highest BCUT2D eigenvalue weighted by Gasteiger charge is 2.34. The topological polar surface area (TPSA) is 40.5 Å². The van der Waals surface area contributed by atoms with E-state index in [9.17, 15) is 9.90 Å². The maximum absolute atomic E-state index is 12.8. The molecular weight excluding hydrogens is 270 g/mol. The van der Waals surface area contributed by atoms with Crippen LogP contribution in [0, 0.1) is 0 Å². The number of fused-ring (bicyclic) bond motifs is 1. The van der Waals surface area contributed by atoms with Gasteiger partial charge in [-0.15, -0.1) is 11.8 Å². The minimum atomic E-state index is -0.000417. The Balaban J connectivity index is 1.71. The maximum Gasteiger partial charge on any atom is 0.236 e. The number of aliphatic hydroxyl groups is 1. The van der Waals surface area contributed by atoms with Crippen LogP contribution in [0.25, 0.3) is 0 Å². The molecule has 1 atom stereocenters. The summed E-state index contributed by atoms with van der Waals surface area (Å²) in [6.07, 6.45) is 5.43. The third-order valence-corrected chi connectivity index (χ3v) is 5.62. The minimum absolute atomic E-state index is 0.000417. The highest BCUT2D eigenvalue weighted by atomic mass is 32.2. The summed E-state index contributed by atoms with van der Waals surface area (Å²) >= 11 is 1.68. The maximum atomic E-state index is 12.8. The summed E-state index contributed by atoms with van der Waals surface area (Å²) < 4.78 is 0. The van der Waals surface area contributed by atoms with Crippen LogP contribution in [0.5, 0.6) is 0 Å². The molecule has 1 unspecified atom stereocenters. The monoisotopic (exact) mass is 291 g/mol. The molecule has 2 aliphatic rings. The summed E-state index contributed by atoms with van der Waals surface area (Å²) in [7, 11) is 0. The molecule has 0 spiro atoms. The van der Waals surface area contributed by atoms with Crippen molar-refractivity contribution in [3.05, 3.63) is 29.8 Å². The van der Waals surface area contributed by atoms with E-state index < -0.39 is 0 Å². The van der Waals surface area contributed by atoms with Crippen LogP contribution in [-0.2, 0) is 11.2 Å². The average Bonchev–Trinajstić information content (AvgIpc) is 3.12. The van der Waals surface area contributed by atoms with Gasteiger partial charge >= 0.3 is 0 Å². The molecule has 1 aliphatic heterocycles. The lowest BCUT2D eigenvalue weighted by Crippen LogP contribution is -2.45. The summed E-state index contributed by atoms with van der Waals surface area (Å²) in [4.78, 5) is 16.0. The van der Waals surface area contributed by atoms with E-state index in [2.05, 4.69) is 12.1 Å². The van der Waals surface area contributed by atoms with Gasteiger partial charge in [0, 0.05) is 17.5 Å². The Labute approximate surface area is 124 Å². The van der Waals surface area contributed by atoms with E-state index in [1.165, 1.54) is 23.3 Å². The highest BCUT2D eigenvalue weighted by molar-refractivity contribution is 8.01. The summed E-state index contributed by atoms with van der Waals surface area (Å²) in [5.41, 5.74) is 1.28. The van der Waals surface area contributed by atoms with E-state index in [1.807, 2.05) is 17.0 Å². The van der Waals surface area contributed by atoms with E-state index >= 15 is 0 Å². The highest BCUT2D eigenvalue weighted by Crippen LogP contribution is 2.38. The first-order valence-corrected chi connectivity index (χ1v) is 8.33. The fourth-order valence-electron chi connectivity index (χ4n) is 3.30. The molecule has 1 aromatic rings. The quantitative estimate of drug-likeness (QED) is 0.926. The molecule has 3 rings (SSSR count). The largest absolute Gasteiger partial charge is 0.395 e. The Morgan fingerprint density at radius 1 is 1.30 bits per heavy atom. The van der Waals surface area contributed by atoms with Crippen molar-refractivity contribution in [3.63, 3.8) is 0 Å². The molecule has 1 aliphatic carbocycles. The molecule has 1 saturated carbocycles. The zero-order valence-electron chi connectivity index (χ0n) is 11.6. The van der Waals surface area contributed by atoms with Crippen molar-refractivity contribution in [2.75, 3.05) is 13.2 Å². The van der Waals surface area contributed by atoms with E-state index in [-0.39, 0.29) is 17.8 Å². The number of nitrogens with zero attached hydrogens (tertiary/aromatic N) is 1. The normalized spacial score (nSPS) is 21.9. The first kappa shape index (κ1) is 14.0. The van der Waals surface area contributed by atoms with Crippen molar-refractivity contribution in [1.82, 2.24) is 4.90 Å². The molecule has 1 N–H and O–H groups in total. The minimum Gasteiger partial charge on any atom is -0.395 e. The van der Waals surface area contributed by atoms with Gasteiger partial charge in [0.1, 0.15) is 0 Å². The van der Waals surface area contributed by atoms with Gasteiger partial charge in [0.05, 0.1) is 11.9 Å². The van der Waals surface area contributed by atoms with Crippen LogP contribution < -0.4 is 0 Å². The predicted molar refractivity (Wildman–Crippen MR) is 80.8 cm³/mol. The Morgan fingerprint density at radius 3 is 2.75 bits per heavy atom. The van der Waals surface area contributed by atoms with Crippen LogP contribution >= 0.6 is 11.8 Å². The van der Waals surface area contributed by atoms with Gasteiger partial charge in [-0.1, -0.05) is 31.0 Å². The van der Waals surface area contributed by atoms with Crippen LogP contribution in [0.3, 0.4) is 0 Å². The van der Waals surface area contributed by atoms with E-state index in [1.54, 1.807) is 11.8 Å². The average molecular weight is 291 g/mol. The van der Waals surface area contributed by atoms with Crippen molar-refractivity contribution in [3.8, 4) is 0 Å². The van der Waals surface area contributed by atoms with Gasteiger partial charge in [0.15, 0.2) is 0 Å². The summed E-state index contributed by atoms with van der Waals surface area (Å²) in [5, 5.41) is 9.26. The molecule has 3 nitrogen and oxygen atoms in total. The number of amides is 1. The Kier molecular flexibility index (Phi) is 4.32. The summed E-state index contributed by atoms with van der Waals surface area (Å²) in [6, 6.07) is 8.62. The molecular formula is C16H21NO2S. The molecule has 0 bridgehead atoms. The van der Waals surface area contributed by atoms with Gasteiger partial charge < -0.3 is 10.0 Å². The standard InChI is InChI=1S/C16H21NO2S/c18-10-9-17(13-6-2-3-7-13)16(19)15-11-12-5-1-4-8-14(12)20-15/h1,4-5,8,13,15,18H,2-3,6-7,9-11H2. The number of aliphatic hydroxyl groups excluding tert-OH is 1. The van der Waals surface area contributed by atoms with Crippen molar-refractivity contribution >= 4 is 17.7 Å². The SMILES string of the molecule is O=C(C1Cc2ccccc2S1)N(CCO)C1CCCC1. The number of rotatable bonds is 4. The van der Waals surface area contributed by atoms with E-state index in [4.69, 9.17) is 0 Å². The fourth-order valence-corrected chi connectivity index (χ4v) is 4.57. The van der Waals surface area contributed by atoms with Gasteiger partial charge in [0.25, 0.3) is 0 Å².